The predicted octanol–water partition coefficient (Wildman–Crippen LogP) is 4.93. The largest absolute Gasteiger partial charge is 0.489 e. The molecule has 1 aromatic rings. The van der Waals surface area contributed by atoms with Gasteiger partial charge in [0.1, 0.15) is 11.9 Å². The summed E-state index contributed by atoms with van der Waals surface area (Å²) in [6.45, 7) is 13.7. The predicted molar refractivity (Wildman–Crippen MR) is 88.1 cm³/mol. The van der Waals surface area contributed by atoms with Crippen LogP contribution in [-0.4, -0.2) is 18.7 Å². The summed E-state index contributed by atoms with van der Waals surface area (Å²) >= 11 is 6.29. The van der Waals surface area contributed by atoms with Gasteiger partial charge in [0.05, 0.1) is 0 Å². The molecule has 0 saturated heterocycles. The van der Waals surface area contributed by atoms with Gasteiger partial charge < -0.3 is 10.1 Å². The lowest BCUT2D eigenvalue weighted by Crippen LogP contribution is -2.34. The monoisotopic (exact) mass is 297 g/mol. The van der Waals surface area contributed by atoms with Gasteiger partial charge in [-0.05, 0) is 56.4 Å². The van der Waals surface area contributed by atoms with Crippen molar-refractivity contribution >= 4 is 11.6 Å². The molecule has 114 valence electrons. The zero-order valence-corrected chi connectivity index (χ0v) is 14.3. The Kier molecular flexibility index (Phi) is 6.84. The minimum atomic E-state index is 0.142. The van der Waals surface area contributed by atoms with Gasteiger partial charge >= 0.3 is 0 Å². The molecule has 0 aliphatic heterocycles. The topological polar surface area (TPSA) is 21.3 Å². The van der Waals surface area contributed by atoms with E-state index in [2.05, 4.69) is 46.0 Å². The SMILES string of the molecule is CCC(C)NCC(C)Oc1cc(C(C)C)c(Cl)cc1C. The molecular weight excluding hydrogens is 270 g/mol. The Bertz CT molecular complexity index is 431. The lowest BCUT2D eigenvalue weighted by Gasteiger charge is -2.21. The maximum Gasteiger partial charge on any atom is 0.123 e. The van der Waals surface area contributed by atoms with Crippen LogP contribution in [0.15, 0.2) is 12.1 Å². The summed E-state index contributed by atoms with van der Waals surface area (Å²) in [7, 11) is 0. The van der Waals surface area contributed by atoms with Gasteiger partial charge in [-0.1, -0.05) is 32.4 Å². The molecule has 0 heterocycles. The molecule has 1 N–H and O–H groups in total. The van der Waals surface area contributed by atoms with Crippen molar-refractivity contribution in [2.24, 2.45) is 0 Å². The molecule has 0 fully saturated rings. The Morgan fingerprint density at radius 3 is 2.40 bits per heavy atom. The first-order valence-electron chi connectivity index (χ1n) is 7.55. The van der Waals surface area contributed by atoms with Gasteiger partial charge in [-0.25, -0.2) is 0 Å². The Morgan fingerprint density at radius 2 is 1.85 bits per heavy atom. The summed E-state index contributed by atoms with van der Waals surface area (Å²) in [4.78, 5) is 0. The van der Waals surface area contributed by atoms with Crippen LogP contribution in [0.4, 0.5) is 0 Å². The van der Waals surface area contributed by atoms with Crippen LogP contribution in [0.25, 0.3) is 0 Å². The maximum atomic E-state index is 6.29. The normalized spacial score (nSPS) is 14.4. The second-order valence-corrected chi connectivity index (χ2v) is 6.35. The number of hydrogen-bond donors (Lipinski definition) is 1. The molecule has 2 unspecified atom stereocenters. The smallest absolute Gasteiger partial charge is 0.123 e. The Morgan fingerprint density at radius 1 is 1.20 bits per heavy atom. The minimum Gasteiger partial charge on any atom is -0.489 e. The molecule has 0 aliphatic carbocycles. The van der Waals surface area contributed by atoms with E-state index in [1.54, 1.807) is 0 Å². The highest BCUT2D eigenvalue weighted by Gasteiger charge is 2.12. The summed E-state index contributed by atoms with van der Waals surface area (Å²) in [5.41, 5.74) is 2.24. The summed E-state index contributed by atoms with van der Waals surface area (Å²) in [5.74, 6) is 1.34. The van der Waals surface area contributed by atoms with Crippen molar-refractivity contribution in [2.75, 3.05) is 6.54 Å². The summed E-state index contributed by atoms with van der Waals surface area (Å²) < 4.78 is 6.06. The molecule has 3 heteroatoms. The van der Waals surface area contributed by atoms with Crippen molar-refractivity contribution in [3.63, 3.8) is 0 Å². The second kappa shape index (κ2) is 7.90. The lowest BCUT2D eigenvalue weighted by molar-refractivity contribution is 0.210. The standard InChI is InChI=1S/C17H28ClNO/c1-7-13(5)19-10-14(6)20-17-9-15(11(2)3)16(18)8-12(17)4/h8-9,11,13-14,19H,7,10H2,1-6H3. The van der Waals surface area contributed by atoms with E-state index in [1.165, 1.54) is 0 Å². The van der Waals surface area contributed by atoms with Crippen molar-refractivity contribution in [2.45, 2.75) is 66.0 Å². The third-order valence-corrected chi connectivity index (χ3v) is 3.94. The average molecular weight is 298 g/mol. The summed E-state index contributed by atoms with van der Waals surface area (Å²) in [5, 5.41) is 4.30. The third kappa shape index (κ3) is 4.99. The number of ether oxygens (including phenoxy) is 1. The van der Waals surface area contributed by atoms with E-state index in [4.69, 9.17) is 16.3 Å². The highest BCUT2D eigenvalue weighted by atomic mass is 35.5. The van der Waals surface area contributed by atoms with Gasteiger partial charge in [-0.15, -0.1) is 0 Å². The quantitative estimate of drug-likeness (QED) is 0.770. The molecule has 0 aliphatic rings. The van der Waals surface area contributed by atoms with Crippen LogP contribution in [0, 0.1) is 6.92 Å². The molecule has 0 amide bonds. The molecule has 1 rings (SSSR count). The second-order valence-electron chi connectivity index (χ2n) is 5.94. The highest BCUT2D eigenvalue weighted by Crippen LogP contribution is 2.31. The number of nitrogens with one attached hydrogen (secondary N) is 1. The van der Waals surface area contributed by atoms with Crippen molar-refractivity contribution < 1.29 is 4.74 Å². The van der Waals surface area contributed by atoms with Crippen LogP contribution in [0.2, 0.25) is 5.02 Å². The summed E-state index contributed by atoms with van der Waals surface area (Å²) in [6, 6.07) is 4.61. The van der Waals surface area contributed by atoms with E-state index in [9.17, 15) is 0 Å². The Labute approximate surface area is 128 Å². The summed E-state index contributed by atoms with van der Waals surface area (Å²) in [6.07, 6.45) is 1.27. The maximum absolute atomic E-state index is 6.29. The van der Waals surface area contributed by atoms with Gasteiger partial charge in [0.2, 0.25) is 0 Å². The van der Waals surface area contributed by atoms with Crippen LogP contribution in [0.1, 0.15) is 58.1 Å². The first-order valence-corrected chi connectivity index (χ1v) is 7.93. The third-order valence-electron chi connectivity index (χ3n) is 3.61. The number of halogens is 1. The van der Waals surface area contributed by atoms with Crippen molar-refractivity contribution in [1.29, 1.82) is 0 Å². The fourth-order valence-corrected chi connectivity index (χ4v) is 2.44. The average Bonchev–Trinajstić information content (AvgIpc) is 2.38. The van der Waals surface area contributed by atoms with Crippen LogP contribution >= 0.6 is 11.6 Å². The molecule has 2 nitrogen and oxygen atoms in total. The fourth-order valence-electron chi connectivity index (χ4n) is 2.01. The van der Waals surface area contributed by atoms with Crippen LogP contribution in [0.3, 0.4) is 0 Å². The Balaban J connectivity index is 2.74. The molecule has 0 bridgehead atoms. The molecule has 0 aromatic heterocycles. The molecule has 1 aromatic carbocycles. The zero-order chi connectivity index (χ0) is 15.3. The van der Waals surface area contributed by atoms with E-state index >= 15 is 0 Å². The molecule has 0 radical (unpaired) electrons. The van der Waals surface area contributed by atoms with E-state index in [1.807, 2.05) is 13.0 Å². The Hall–Kier alpha value is -0.730. The zero-order valence-electron chi connectivity index (χ0n) is 13.6. The number of hydrogen-bond acceptors (Lipinski definition) is 2. The molecule has 2 atom stereocenters. The van der Waals surface area contributed by atoms with Gasteiger partial charge in [-0.3, -0.25) is 0 Å². The van der Waals surface area contributed by atoms with Crippen molar-refractivity contribution in [1.82, 2.24) is 5.32 Å². The van der Waals surface area contributed by atoms with Gasteiger partial charge in [0.15, 0.2) is 0 Å². The lowest BCUT2D eigenvalue weighted by atomic mass is 10.0. The molecule has 0 saturated carbocycles. The first-order chi connectivity index (χ1) is 9.35. The highest BCUT2D eigenvalue weighted by molar-refractivity contribution is 6.31. The van der Waals surface area contributed by atoms with Crippen LogP contribution in [-0.2, 0) is 0 Å². The van der Waals surface area contributed by atoms with Gasteiger partial charge in [-0.2, -0.15) is 0 Å². The van der Waals surface area contributed by atoms with E-state index in [-0.39, 0.29) is 6.10 Å². The van der Waals surface area contributed by atoms with E-state index in [0.717, 1.165) is 34.9 Å². The van der Waals surface area contributed by atoms with Crippen molar-refractivity contribution in [3.8, 4) is 5.75 Å². The molecule has 20 heavy (non-hydrogen) atoms. The molecule has 0 spiro atoms. The first kappa shape index (κ1) is 17.3. The fraction of sp³-hybridized carbons (Fsp3) is 0.647. The van der Waals surface area contributed by atoms with Crippen molar-refractivity contribution in [3.05, 3.63) is 28.3 Å². The van der Waals surface area contributed by atoms with E-state index < -0.39 is 0 Å². The van der Waals surface area contributed by atoms with Gasteiger partial charge in [0.25, 0.3) is 0 Å². The number of benzene rings is 1. The minimum absolute atomic E-state index is 0.142. The van der Waals surface area contributed by atoms with Crippen LogP contribution in [0.5, 0.6) is 5.75 Å². The van der Waals surface area contributed by atoms with Crippen LogP contribution < -0.4 is 10.1 Å². The molecular formula is C17H28ClNO. The van der Waals surface area contributed by atoms with Gasteiger partial charge in [0, 0.05) is 17.6 Å². The van der Waals surface area contributed by atoms with E-state index in [0.29, 0.717) is 12.0 Å². The number of rotatable bonds is 7. The number of aryl methyl sites for hydroxylation is 1.